The molecule has 1 aromatic rings. The van der Waals surface area contributed by atoms with E-state index in [2.05, 4.69) is 18.1 Å². The third kappa shape index (κ3) is 3.61. The van der Waals surface area contributed by atoms with Crippen molar-refractivity contribution in [3.05, 3.63) is 29.6 Å². The molecule has 1 aromatic carbocycles. The molecule has 17 heavy (non-hydrogen) atoms. The quantitative estimate of drug-likeness (QED) is 0.878. The van der Waals surface area contributed by atoms with Crippen LogP contribution in [0.15, 0.2) is 18.2 Å². The second-order valence-electron chi connectivity index (χ2n) is 4.41. The van der Waals surface area contributed by atoms with Gasteiger partial charge in [0, 0.05) is 30.6 Å². The van der Waals surface area contributed by atoms with Gasteiger partial charge in [-0.15, -0.1) is 0 Å². The molecular weight excluding hydrogens is 235 g/mol. The van der Waals surface area contributed by atoms with Crippen molar-refractivity contribution in [3.8, 4) is 0 Å². The van der Waals surface area contributed by atoms with Gasteiger partial charge in [-0.25, -0.2) is 4.39 Å². The molecule has 2 N–H and O–H groups in total. The fraction of sp³-hybridized carbons (Fsp3) is 0.538. The van der Waals surface area contributed by atoms with Gasteiger partial charge < -0.3 is 10.6 Å². The van der Waals surface area contributed by atoms with E-state index in [9.17, 15) is 4.39 Å². The standard InChI is InChI=1S/C13H21FN2S/c1-9(8-17-4)16(3)13-6-5-11(14)7-12(13)10(2)15/h5-7,9-10H,8,15H2,1-4H3/t9?,10-/m0/s1. The summed E-state index contributed by atoms with van der Waals surface area (Å²) in [6.45, 7) is 4.04. The third-order valence-corrected chi connectivity index (χ3v) is 3.74. The van der Waals surface area contributed by atoms with E-state index >= 15 is 0 Å². The van der Waals surface area contributed by atoms with Crippen molar-refractivity contribution < 1.29 is 4.39 Å². The Morgan fingerprint density at radius 3 is 2.59 bits per heavy atom. The molecule has 0 saturated carbocycles. The number of hydrogen-bond donors (Lipinski definition) is 1. The maximum absolute atomic E-state index is 13.2. The van der Waals surface area contributed by atoms with Crippen molar-refractivity contribution in [1.29, 1.82) is 0 Å². The van der Waals surface area contributed by atoms with Crippen molar-refractivity contribution in [2.45, 2.75) is 25.9 Å². The van der Waals surface area contributed by atoms with Crippen molar-refractivity contribution in [1.82, 2.24) is 0 Å². The summed E-state index contributed by atoms with van der Waals surface area (Å²) in [6, 6.07) is 5.06. The summed E-state index contributed by atoms with van der Waals surface area (Å²) >= 11 is 1.80. The van der Waals surface area contributed by atoms with E-state index in [0.717, 1.165) is 17.0 Å². The molecule has 0 fully saturated rings. The summed E-state index contributed by atoms with van der Waals surface area (Å²) < 4.78 is 13.2. The van der Waals surface area contributed by atoms with Gasteiger partial charge in [0.05, 0.1) is 0 Å². The fourth-order valence-electron chi connectivity index (χ4n) is 1.80. The summed E-state index contributed by atoms with van der Waals surface area (Å²) in [5, 5.41) is 0. The van der Waals surface area contributed by atoms with Crippen LogP contribution in [-0.2, 0) is 0 Å². The minimum absolute atomic E-state index is 0.162. The summed E-state index contributed by atoms with van der Waals surface area (Å²) in [6.07, 6.45) is 2.08. The molecule has 0 heterocycles. The topological polar surface area (TPSA) is 29.3 Å². The normalized spacial score (nSPS) is 14.5. The van der Waals surface area contributed by atoms with Gasteiger partial charge in [-0.2, -0.15) is 11.8 Å². The zero-order valence-electron chi connectivity index (χ0n) is 10.9. The van der Waals surface area contributed by atoms with E-state index in [1.807, 2.05) is 20.0 Å². The summed E-state index contributed by atoms with van der Waals surface area (Å²) in [4.78, 5) is 2.16. The van der Waals surface area contributed by atoms with Gasteiger partial charge in [0.15, 0.2) is 0 Å². The van der Waals surface area contributed by atoms with Gasteiger partial charge in [0.25, 0.3) is 0 Å². The molecule has 0 aliphatic rings. The molecule has 0 saturated heterocycles. The first-order valence-corrected chi connectivity index (χ1v) is 7.13. The van der Waals surface area contributed by atoms with Crippen LogP contribution >= 0.6 is 11.8 Å². The molecule has 1 unspecified atom stereocenters. The molecule has 2 atom stereocenters. The fourth-order valence-corrected chi connectivity index (χ4v) is 2.51. The van der Waals surface area contributed by atoms with Crippen molar-refractivity contribution in [2.24, 2.45) is 5.73 Å². The first-order valence-electron chi connectivity index (χ1n) is 5.74. The molecule has 0 radical (unpaired) electrons. The van der Waals surface area contributed by atoms with Gasteiger partial charge in [0.1, 0.15) is 5.82 Å². The molecular formula is C13H21FN2S. The van der Waals surface area contributed by atoms with Gasteiger partial charge in [-0.05, 0) is 43.9 Å². The Morgan fingerprint density at radius 1 is 1.41 bits per heavy atom. The maximum atomic E-state index is 13.2. The average molecular weight is 256 g/mol. The molecule has 0 aromatic heterocycles. The Bertz CT molecular complexity index is 368. The number of nitrogens with two attached hydrogens (primary N) is 1. The number of anilines is 1. The molecule has 96 valence electrons. The van der Waals surface area contributed by atoms with E-state index in [1.165, 1.54) is 12.1 Å². The Kier molecular flexibility index (Phi) is 5.28. The highest BCUT2D eigenvalue weighted by molar-refractivity contribution is 7.98. The van der Waals surface area contributed by atoms with Gasteiger partial charge >= 0.3 is 0 Å². The minimum atomic E-state index is -0.230. The Hall–Kier alpha value is -0.740. The molecule has 0 aliphatic carbocycles. The molecule has 0 bridgehead atoms. The van der Waals surface area contributed by atoms with Crippen LogP contribution in [0.1, 0.15) is 25.5 Å². The van der Waals surface area contributed by atoms with Crippen LogP contribution in [0.2, 0.25) is 0 Å². The molecule has 2 nitrogen and oxygen atoms in total. The van der Waals surface area contributed by atoms with Crippen LogP contribution < -0.4 is 10.6 Å². The Labute approximate surface area is 107 Å². The van der Waals surface area contributed by atoms with Crippen LogP contribution in [0.5, 0.6) is 0 Å². The summed E-state index contributed by atoms with van der Waals surface area (Å²) in [5.41, 5.74) is 7.77. The smallest absolute Gasteiger partial charge is 0.123 e. The first kappa shape index (κ1) is 14.3. The molecule has 0 aliphatic heterocycles. The largest absolute Gasteiger partial charge is 0.371 e. The molecule has 0 amide bonds. The number of halogens is 1. The van der Waals surface area contributed by atoms with Gasteiger partial charge in [-0.3, -0.25) is 0 Å². The monoisotopic (exact) mass is 256 g/mol. The van der Waals surface area contributed by atoms with E-state index < -0.39 is 0 Å². The Balaban J connectivity index is 3.03. The van der Waals surface area contributed by atoms with Gasteiger partial charge in [-0.1, -0.05) is 0 Å². The first-order chi connectivity index (χ1) is 7.97. The van der Waals surface area contributed by atoms with E-state index in [4.69, 9.17) is 5.73 Å². The highest BCUT2D eigenvalue weighted by Gasteiger charge is 2.15. The van der Waals surface area contributed by atoms with Crippen LogP contribution in [-0.4, -0.2) is 25.1 Å². The lowest BCUT2D eigenvalue weighted by Crippen LogP contribution is -2.32. The second-order valence-corrected chi connectivity index (χ2v) is 5.32. The lowest BCUT2D eigenvalue weighted by Gasteiger charge is -2.29. The number of hydrogen-bond acceptors (Lipinski definition) is 3. The predicted molar refractivity (Wildman–Crippen MR) is 75.2 cm³/mol. The maximum Gasteiger partial charge on any atom is 0.123 e. The van der Waals surface area contributed by atoms with Crippen LogP contribution in [0.25, 0.3) is 0 Å². The summed E-state index contributed by atoms with van der Waals surface area (Å²) in [5.74, 6) is 0.804. The summed E-state index contributed by atoms with van der Waals surface area (Å²) in [7, 11) is 2.03. The zero-order chi connectivity index (χ0) is 13.0. The predicted octanol–water partition coefficient (Wildman–Crippen LogP) is 3.03. The highest BCUT2D eigenvalue weighted by atomic mass is 32.2. The lowest BCUT2D eigenvalue weighted by molar-refractivity contribution is 0.621. The molecule has 1 rings (SSSR count). The number of nitrogens with zero attached hydrogens (tertiary/aromatic N) is 1. The van der Waals surface area contributed by atoms with Crippen LogP contribution in [0.4, 0.5) is 10.1 Å². The highest BCUT2D eigenvalue weighted by Crippen LogP contribution is 2.27. The number of thioether (sulfide) groups is 1. The van der Waals surface area contributed by atoms with Crippen LogP contribution in [0, 0.1) is 5.82 Å². The van der Waals surface area contributed by atoms with E-state index in [0.29, 0.717) is 6.04 Å². The average Bonchev–Trinajstić information content (AvgIpc) is 2.28. The molecule has 4 heteroatoms. The third-order valence-electron chi connectivity index (χ3n) is 2.93. The zero-order valence-corrected chi connectivity index (χ0v) is 11.7. The van der Waals surface area contributed by atoms with Gasteiger partial charge in [0.2, 0.25) is 0 Å². The van der Waals surface area contributed by atoms with Crippen molar-refractivity contribution >= 4 is 17.4 Å². The van der Waals surface area contributed by atoms with Crippen LogP contribution in [0.3, 0.4) is 0 Å². The van der Waals surface area contributed by atoms with E-state index in [1.54, 1.807) is 11.8 Å². The Morgan fingerprint density at radius 2 is 2.06 bits per heavy atom. The second kappa shape index (κ2) is 6.26. The minimum Gasteiger partial charge on any atom is -0.371 e. The van der Waals surface area contributed by atoms with Crippen molar-refractivity contribution in [3.63, 3.8) is 0 Å². The number of rotatable bonds is 5. The number of benzene rings is 1. The lowest BCUT2D eigenvalue weighted by atomic mass is 10.0. The SMILES string of the molecule is CSCC(C)N(C)c1ccc(F)cc1[C@H](C)N. The van der Waals surface area contributed by atoms with E-state index in [-0.39, 0.29) is 11.9 Å². The molecule has 0 spiro atoms. The van der Waals surface area contributed by atoms with Crippen molar-refractivity contribution in [2.75, 3.05) is 24.0 Å².